The summed E-state index contributed by atoms with van der Waals surface area (Å²) in [6.07, 6.45) is 17.2. The van der Waals surface area contributed by atoms with Gasteiger partial charge in [-0.1, -0.05) is 137 Å². The fraction of sp³-hybridized carbons (Fsp3) is 0.250. The summed E-state index contributed by atoms with van der Waals surface area (Å²) in [7, 11) is 0. The summed E-state index contributed by atoms with van der Waals surface area (Å²) in [4.78, 5) is 0. The molecule has 0 aliphatic heterocycles. The maximum atomic E-state index is 2.52. The summed E-state index contributed by atoms with van der Waals surface area (Å²) in [6, 6.07) is 29.2. The molecule has 0 N–H and O–H groups in total. The standard InChI is InChI=1S/C40H40/c1-4-16-28-25-15-26-32-27-35-38(31-23-13-14-24-31)33(17-5-2)34(18-6-3)39(40(35)37(28)32)36(29-19-9-7-10-20-29)30-21-11-8-12-22-30/h7-15,19-23,25-27H,4-6,16-18,24H2,1-3H3. The third-order valence-corrected chi connectivity index (χ3v) is 8.48. The zero-order valence-corrected chi connectivity index (χ0v) is 24.3. The molecule has 0 fully saturated rings. The normalized spacial score (nSPS) is 13.1. The van der Waals surface area contributed by atoms with Crippen LogP contribution in [0.15, 0.2) is 97.1 Å². The zero-order chi connectivity index (χ0) is 27.5. The third-order valence-electron chi connectivity index (χ3n) is 8.48. The largest absolute Gasteiger partial charge is 0.0801 e. The number of aryl methyl sites for hydroxylation is 1. The SMILES string of the molecule is CCCc1c(C2=CC=CC2)c2c(c(=C(c3ccccc3)c3ccccc3)c1CCC)=c1c(CCC)cccc1=C2. The molecule has 0 bridgehead atoms. The van der Waals surface area contributed by atoms with Gasteiger partial charge >= 0.3 is 0 Å². The average Bonchev–Trinajstić information content (AvgIpc) is 3.65. The Morgan fingerprint density at radius 3 is 1.90 bits per heavy atom. The number of rotatable bonds is 9. The molecule has 0 radical (unpaired) electrons. The number of allylic oxidation sites excluding steroid dienone is 4. The Labute approximate surface area is 239 Å². The molecular weight excluding hydrogens is 480 g/mol. The molecule has 0 nitrogen and oxygen atoms in total. The van der Waals surface area contributed by atoms with Gasteiger partial charge in [0.2, 0.25) is 0 Å². The Bertz CT molecular complexity index is 1780. The van der Waals surface area contributed by atoms with Crippen LogP contribution in [0.5, 0.6) is 0 Å². The minimum absolute atomic E-state index is 1.02. The highest BCUT2D eigenvalue weighted by Crippen LogP contribution is 2.35. The van der Waals surface area contributed by atoms with Crippen molar-refractivity contribution in [3.8, 4) is 0 Å². The van der Waals surface area contributed by atoms with Crippen LogP contribution in [-0.2, 0) is 19.3 Å². The highest BCUT2D eigenvalue weighted by molar-refractivity contribution is 5.86. The number of fused-ring (bicyclic) bond motifs is 2. The molecule has 2 aliphatic rings. The zero-order valence-electron chi connectivity index (χ0n) is 24.3. The molecule has 0 spiro atoms. The fourth-order valence-corrected chi connectivity index (χ4v) is 6.95. The summed E-state index contributed by atoms with van der Waals surface area (Å²) in [5.74, 6) is 0. The monoisotopic (exact) mass is 520 g/mol. The summed E-state index contributed by atoms with van der Waals surface area (Å²) in [5, 5.41) is 5.78. The van der Waals surface area contributed by atoms with Gasteiger partial charge in [-0.25, -0.2) is 0 Å². The van der Waals surface area contributed by atoms with Crippen molar-refractivity contribution in [3.05, 3.63) is 157 Å². The Balaban J connectivity index is 1.97. The number of hydrogen-bond donors (Lipinski definition) is 0. The minimum Gasteiger partial charge on any atom is -0.0801 e. The Kier molecular flexibility index (Phi) is 7.69. The van der Waals surface area contributed by atoms with Crippen LogP contribution in [0, 0.1) is 10.4 Å². The van der Waals surface area contributed by atoms with E-state index in [0.29, 0.717) is 0 Å². The molecule has 0 atom stereocenters. The smallest absolute Gasteiger partial charge is 0.00143 e. The molecule has 4 aromatic carbocycles. The van der Waals surface area contributed by atoms with Gasteiger partial charge in [0.25, 0.3) is 0 Å². The van der Waals surface area contributed by atoms with E-state index in [1.165, 1.54) is 59.8 Å². The molecule has 6 rings (SSSR count). The predicted octanol–water partition coefficient (Wildman–Crippen LogP) is 8.56. The number of hydrogen-bond acceptors (Lipinski definition) is 0. The second-order valence-corrected chi connectivity index (χ2v) is 11.2. The third kappa shape index (κ3) is 4.60. The van der Waals surface area contributed by atoms with Crippen LogP contribution in [0.25, 0.3) is 17.2 Å². The molecule has 0 aromatic heterocycles. The first-order chi connectivity index (χ1) is 19.8. The van der Waals surface area contributed by atoms with Gasteiger partial charge in [0.05, 0.1) is 0 Å². The van der Waals surface area contributed by atoms with Gasteiger partial charge in [-0.2, -0.15) is 0 Å². The van der Waals surface area contributed by atoms with E-state index < -0.39 is 0 Å². The first-order valence-corrected chi connectivity index (χ1v) is 15.3. The van der Waals surface area contributed by atoms with Crippen molar-refractivity contribution in [2.24, 2.45) is 0 Å². The first kappa shape index (κ1) is 26.3. The van der Waals surface area contributed by atoms with E-state index >= 15 is 0 Å². The van der Waals surface area contributed by atoms with Crippen LogP contribution in [-0.4, -0.2) is 0 Å². The molecule has 0 saturated heterocycles. The van der Waals surface area contributed by atoms with Crippen molar-refractivity contribution in [1.82, 2.24) is 0 Å². The lowest BCUT2D eigenvalue weighted by Crippen LogP contribution is -2.23. The molecule has 0 amide bonds. The quantitative estimate of drug-likeness (QED) is 0.183. The topological polar surface area (TPSA) is 0 Å². The lowest BCUT2D eigenvalue weighted by atomic mass is 9.81. The molecule has 0 heterocycles. The first-order valence-electron chi connectivity index (χ1n) is 15.3. The van der Waals surface area contributed by atoms with Gasteiger partial charge in [0.1, 0.15) is 0 Å². The predicted molar refractivity (Wildman–Crippen MR) is 172 cm³/mol. The van der Waals surface area contributed by atoms with Crippen molar-refractivity contribution < 1.29 is 0 Å². The van der Waals surface area contributed by atoms with Gasteiger partial charge in [-0.05, 0) is 103 Å². The van der Waals surface area contributed by atoms with Crippen LogP contribution in [0.3, 0.4) is 0 Å². The number of benzene rings is 4. The van der Waals surface area contributed by atoms with E-state index in [0.717, 1.165) is 44.9 Å². The van der Waals surface area contributed by atoms with E-state index in [2.05, 4.69) is 124 Å². The van der Waals surface area contributed by atoms with Crippen LogP contribution < -0.4 is 10.4 Å². The Hall–Kier alpha value is -3.90. The van der Waals surface area contributed by atoms with Crippen molar-refractivity contribution in [2.45, 2.75) is 65.7 Å². The summed E-state index contributed by atoms with van der Waals surface area (Å²) in [6.45, 7) is 6.99. The maximum Gasteiger partial charge on any atom is -0.00143 e. The van der Waals surface area contributed by atoms with Gasteiger partial charge in [0.15, 0.2) is 0 Å². The van der Waals surface area contributed by atoms with Crippen LogP contribution in [0.1, 0.15) is 85.4 Å². The van der Waals surface area contributed by atoms with E-state index in [-0.39, 0.29) is 0 Å². The van der Waals surface area contributed by atoms with Gasteiger partial charge in [0, 0.05) is 0 Å². The van der Waals surface area contributed by atoms with Gasteiger partial charge < -0.3 is 0 Å². The van der Waals surface area contributed by atoms with Crippen molar-refractivity contribution >= 4 is 17.2 Å². The lowest BCUT2D eigenvalue weighted by Gasteiger charge is -2.22. The van der Waals surface area contributed by atoms with E-state index in [4.69, 9.17) is 0 Å². The molecule has 2 aliphatic carbocycles. The summed E-state index contributed by atoms with van der Waals surface area (Å²) >= 11 is 0. The van der Waals surface area contributed by atoms with Crippen LogP contribution in [0.2, 0.25) is 0 Å². The highest BCUT2D eigenvalue weighted by atomic mass is 14.3. The van der Waals surface area contributed by atoms with Crippen molar-refractivity contribution in [2.75, 3.05) is 0 Å². The van der Waals surface area contributed by atoms with Gasteiger partial charge in [-0.3, -0.25) is 0 Å². The average molecular weight is 521 g/mol. The maximum absolute atomic E-state index is 2.52. The molecular formula is C40H40. The lowest BCUT2D eigenvalue weighted by molar-refractivity contribution is 0.848. The van der Waals surface area contributed by atoms with Crippen LogP contribution in [0.4, 0.5) is 0 Å². The Morgan fingerprint density at radius 1 is 0.650 bits per heavy atom. The van der Waals surface area contributed by atoms with E-state index in [1.54, 1.807) is 11.1 Å². The molecule has 0 heteroatoms. The van der Waals surface area contributed by atoms with Crippen molar-refractivity contribution in [3.63, 3.8) is 0 Å². The molecule has 0 unspecified atom stereocenters. The van der Waals surface area contributed by atoms with E-state index in [9.17, 15) is 0 Å². The van der Waals surface area contributed by atoms with Gasteiger partial charge in [-0.15, -0.1) is 0 Å². The van der Waals surface area contributed by atoms with E-state index in [1.807, 2.05) is 0 Å². The highest BCUT2D eigenvalue weighted by Gasteiger charge is 2.24. The fourth-order valence-electron chi connectivity index (χ4n) is 6.95. The Morgan fingerprint density at radius 2 is 1.30 bits per heavy atom. The summed E-state index contributed by atoms with van der Waals surface area (Å²) in [5.41, 5.74) is 13.0. The molecule has 4 aromatic rings. The van der Waals surface area contributed by atoms with Crippen molar-refractivity contribution in [1.29, 1.82) is 0 Å². The molecule has 200 valence electrons. The minimum atomic E-state index is 1.02. The van der Waals surface area contributed by atoms with Crippen LogP contribution >= 0.6 is 0 Å². The molecule has 0 saturated carbocycles. The summed E-state index contributed by atoms with van der Waals surface area (Å²) < 4.78 is 0. The molecule has 40 heavy (non-hydrogen) atoms. The second-order valence-electron chi connectivity index (χ2n) is 11.2. The second kappa shape index (κ2) is 11.7.